The van der Waals surface area contributed by atoms with Crippen LogP contribution in [-0.2, 0) is 106 Å². The predicted molar refractivity (Wildman–Crippen MR) is 468 cm³/mol. The maximum absolute atomic E-state index is 15.6. The van der Waals surface area contributed by atoms with Gasteiger partial charge in [0.15, 0.2) is 0 Å². The zero-order valence-corrected chi connectivity index (χ0v) is 73.9. The average molecular weight is 1800 g/mol. The standard InChI is InChI=1S/C86H120N20O21S/c1-9-11-23-65-79(120)100-63(43-108)78(119)101-64(74(115)92-41-71(89)112)44-128-45-72(113)93-59(34-48-27-29-51(109)30-28-48)82(123)102(6)47(5)73(114)96-61(38-70(88)111)85(126)106-32-18-26-67(106)81(122)95-57(37-69(87)110)76(117)97-58(33-46(3)4)84(125)105-31-17-25-66(105)80(121)94-56(35-49-39-90-54-21-15-13-19-52(49)54)75(116)99-62(42-107)77(118)98-60(36-50-40-91-55-22-16-14-20-53(50)55)83(124)104(8)68(24-12-10-2)86(127)103(65)7/h13-16,19-22,27-30,39-40,46-47,56-68,90-91,107-109H,9-12,17-18,23-26,31-38,41-45H2,1-8H3,(H2,87,110)(H2,88,111)(H2,89,112)(H,92,115)(H,93,113)(H,94,121)(H,95,122)(H,96,114)(H,97,117)(H,98,118)(H,99,116)(H,100,120)(H,101,119)/t47-,56-,57-,58-,59-,60-,61+,62-,63-,64-,65-,66-,67-,68-/m0/s1. The number of carbonyl (C=O) groups excluding carboxylic acids is 18. The second-order valence-corrected chi connectivity index (χ2v) is 33.9. The van der Waals surface area contributed by atoms with Gasteiger partial charge in [-0.2, -0.15) is 0 Å². The first-order valence-corrected chi connectivity index (χ1v) is 44.0. The smallest absolute Gasteiger partial charge is 0.246 e. The number of nitrogens with zero attached hydrogens (tertiary/aromatic N) is 5. The van der Waals surface area contributed by atoms with Gasteiger partial charge in [-0.25, -0.2) is 0 Å². The lowest BCUT2D eigenvalue weighted by Gasteiger charge is -2.36. The number of aliphatic hydroxyl groups excluding tert-OH is 2. The summed E-state index contributed by atoms with van der Waals surface area (Å²) in [7, 11) is 3.83. The first kappa shape index (κ1) is 101. The van der Waals surface area contributed by atoms with Crippen molar-refractivity contribution in [3.05, 3.63) is 102 Å². The molecule has 0 aliphatic carbocycles. The Morgan fingerprint density at radius 3 is 1.47 bits per heavy atom. The lowest BCUT2D eigenvalue weighted by molar-refractivity contribution is -0.149. The second kappa shape index (κ2) is 47.7. The van der Waals surface area contributed by atoms with E-state index in [-0.39, 0.29) is 89.0 Å². The number of para-hydroxylation sites is 2. The maximum atomic E-state index is 15.6. The number of hydrogen-bond donors (Lipinski definition) is 18. The summed E-state index contributed by atoms with van der Waals surface area (Å²) in [6.45, 7) is 5.22. The zero-order chi connectivity index (χ0) is 93.9. The van der Waals surface area contributed by atoms with Crippen molar-refractivity contribution in [2.75, 3.05) is 65.5 Å². The van der Waals surface area contributed by atoms with Crippen LogP contribution < -0.4 is 70.4 Å². The summed E-state index contributed by atoms with van der Waals surface area (Å²) >= 11 is 0.721. The first-order chi connectivity index (χ1) is 60.9. The normalized spacial score (nSPS) is 24.9. The Hall–Kier alpha value is -12.7. The SMILES string of the molecule is CCCC[C@H]1C(=O)N(C)[C@@H](CCCC)C(=O)N[C@@H](CO)C(=O)N[C@H](C(=O)NCC(N)=O)CSCC(=O)N[C@@H](Cc2ccc(O)cc2)C(=O)N(C)[C@@H](C)C(=O)N[C@H](CC(N)=O)C(=O)N2CCC[C@H]2C(=O)N[C@@H](CC(N)=O)C(=O)N[C@@H](CC(C)C)C(=O)N2CCC[C@H]2C(=O)N[C@@H](Cc2c[nH]c3ccccc23)C(=O)N[C@@H](CO)C(=O)N[C@@H](Cc2c[nH]c3ccccc23)C(=O)N1C. The van der Waals surface area contributed by atoms with Gasteiger partial charge in [0.2, 0.25) is 106 Å². The molecule has 21 N–H and O–H groups in total. The summed E-state index contributed by atoms with van der Waals surface area (Å²) in [6, 6.07) is -2.68. The van der Waals surface area contributed by atoms with Crippen LogP contribution >= 0.6 is 11.8 Å². The Kier molecular flexibility index (Phi) is 37.5. The predicted octanol–water partition coefficient (Wildman–Crippen LogP) is -3.26. The van der Waals surface area contributed by atoms with E-state index in [0.29, 0.717) is 64.2 Å². The highest BCUT2D eigenvalue weighted by Gasteiger charge is 2.46. The number of fused-ring (bicyclic) bond motifs is 4. The minimum absolute atomic E-state index is 0.0135. The number of thioether (sulfide) groups is 1. The number of nitrogens with two attached hydrogens (primary N) is 3. The molecule has 3 fully saturated rings. The fourth-order valence-electron chi connectivity index (χ4n) is 15.8. The number of rotatable bonds is 23. The number of aromatic hydroxyl groups is 1. The van der Waals surface area contributed by atoms with Crippen molar-refractivity contribution in [3.8, 4) is 5.75 Å². The van der Waals surface area contributed by atoms with Crippen molar-refractivity contribution in [1.29, 1.82) is 0 Å². The van der Waals surface area contributed by atoms with Crippen molar-refractivity contribution < 1.29 is 102 Å². The van der Waals surface area contributed by atoms with Crippen LogP contribution in [0.5, 0.6) is 5.75 Å². The van der Waals surface area contributed by atoms with Gasteiger partial charge >= 0.3 is 0 Å². The number of nitrogens with one attached hydrogen (secondary N) is 12. The molecule has 696 valence electrons. The number of unbranched alkanes of at least 4 members (excludes halogenated alkanes) is 2. The Balaban J connectivity index is 1.17. The van der Waals surface area contributed by atoms with Crippen LogP contribution in [0, 0.1) is 5.92 Å². The van der Waals surface area contributed by atoms with E-state index in [1.165, 1.54) is 57.2 Å². The van der Waals surface area contributed by atoms with E-state index in [9.17, 15) is 72.9 Å². The van der Waals surface area contributed by atoms with Crippen LogP contribution in [0.3, 0.4) is 0 Å². The van der Waals surface area contributed by atoms with E-state index in [1.807, 2.05) is 13.8 Å². The van der Waals surface area contributed by atoms with Gasteiger partial charge in [-0.15, -0.1) is 11.8 Å². The van der Waals surface area contributed by atoms with E-state index in [1.54, 1.807) is 74.8 Å². The third-order valence-corrected chi connectivity index (χ3v) is 24.0. The number of aromatic nitrogens is 2. The van der Waals surface area contributed by atoms with Gasteiger partial charge in [0.05, 0.1) is 38.4 Å². The van der Waals surface area contributed by atoms with Gasteiger partial charge in [0.1, 0.15) is 90.3 Å². The molecule has 8 rings (SSSR count). The molecule has 0 unspecified atom stereocenters. The number of H-pyrrole nitrogens is 2. The number of aromatic amines is 2. The molecule has 0 radical (unpaired) electrons. The van der Waals surface area contributed by atoms with Crippen molar-refractivity contribution in [3.63, 3.8) is 0 Å². The van der Waals surface area contributed by atoms with Crippen molar-refractivity contribution in [2.24, 2.45) is 23.1 Å². The molecule has 0 spiro atoms. The topological polar surface area (TPSA) is 614 Å². The molecule has 42 heteroatoms. The number of hydrogen-bond acceptors (Lipinski definition) is 22. The highest BCUT2D eigenvalue weighted by molar-refractivity contribution is 8.00. The van der Waals surface area contributed by atoms with Crippen LogP contribution in [0.2, 0.25) is 0 Å². The van der Waals surface area contributed by atoms with Gasteiger partial charge in [-0.05, 0) is 98.7 Å². The molecule has 3 aliphatic rings. The highest BCUT2D eigenvalue weighted by Crippen LogP contribution is 2.28. The second-order valence-electron chi connectivity index (χ2n) is 32.9. The average Bonchev–Trinajstić information content (AvgIpc) is 1.31. The molecule has 2 aromatic heterocycles. The van der Waals surface area contributed by atoms with Crippen molar-refractivity contribution in [1.82, 2.24) is 87.6 Å². The summed E-state index contributed by atoms with van der Waals surface area (Å²) in [6.07, 6.45) is 2.50. The van der Waals surface area contributed by atoms with Crippen LogP contribution in [0.1, 0.15) is 135 Å². The number of aliphatic hydroxyl groups is 2. The van der Waals surface area contributed by atoms with Crippen LogP contribution in [0.15, 0.2) is 85.2 Å². The molecule has 14 atom stereocenters. The molecule has 41 nitrogen and oxygen atoms in total. The number of amides is 18. The van der Waals surface area contributed by atoms with E-state index in [4.69, 9.17) is 17.2 Å². The summed E-state index contributed by atoms with van der Waals surface area (Å²) in [5.74, 6) is -19.3. The third-order valence-electron chi connectivity index (χ3n) is 22.9. The molecule has 3 aliphatic heterocycles. The molecular formula is C86H120N20O21S. The van der Waals surface area contributed by atoms with E-state index >= 15 is 28.8 Å². The van der Waals surface area contributed by atoms with Crippen LogP contribution in [-0.4, -0.2) is 306 Å². The maximum Gasteiger partial charge on any atom is 0.246 e. The Labute approximate surface area is 743 Å². The van der Waals surface area contributed by atoms with E-state index in [2.05, 4.69) is 63.1 Å². The van der Waals surface area contributed by atoms with Crippen molar-refractivity contribution in [2.45, 2.75) is 222 Å². The van der Waals surface area contributed by atoms with E-state index < -0.39 is 235 Å². The molecule has 0 bridgehead atoms. The molecule has 0 saturated carbocycles. The number of benzene rings is 3. The van der Waals surface area contributed by atoms with Crippen LogP contribution in [0.25, 0.3) is 21.8 Å². The number of phenols is 1. The summed E-state index contributed by atoms with van der Waals surface area (Å²) in [4.78, 5) is 271. The lowest BCUT2D eigenvalue weighted by Crippen LogP contribution is -2.62. The third kappa shape index (κ3) is 27.4. The molecule has 5 heterocycles. The Morgan fingerprint density at radius 1 is 0.484 bits per heavy atom. The van der Waals surface area contributed by atoms with Crippen LogP contribution in [0.4, 0.5) is 0 Å². The van der Waals surface area contributed by atoms with Gasteiger partial charge < -0.3 is 120 Å². The summed E-state index contributed by atoms with van der Waals surface area (Å²) in [5, 5.41) is 58.9. The lowest BCUT2D eigenvalue weighted by atomic mass is 10.00. The Morgan fingerprint density at radius 2 is 0.930 bits per heavy atom. The highest BCUT2D eigenvalue weighted by atomic mass is 32.2. The molecule has 3 saturated heterocycles. The number of phenolic OH excluding ortho intramolecular Hbond substituents is 1. The summed E-state index contributed by atoms with van der Waals surface area (Å²) < 4.78 is 0. The minimum Gasteiger partial charge on any atom is -0.508 e. The van der Waals surface area contributed by atoms with Gasteiger partial charge in [0, 0.05) is 93.4 Å². The first-order valence-electron chi connectivity index (χ1n) is 42.8. The minimum atomic E-state index is -1.86. The monoisotopic (exact) mass is 1800 g/mol. The largest absolute Gasteiger partial charge is 0.508 e. The van der Waals surface area contributed by atoms with Gasteiger partial charge in [0.25, 0.3) is 0 Å². The molecule has 3 aromatic carbocycles. The van der Waals surface area contributed by atoms with E-state index in [0.717, 1.165) is 31.4 Å². The molecular weight excluding hydrogens is 1680 g/mol. The fourth-order valence-corrected chi connectivity index (χ4v) is 16.6. The quantitative estimate of drug-likeness (QED) is 0.0305. The number of primary amides is 3. The van der Waals surface area contributed by atoms with Gasteiger partial charge in [-0.3, -0.25) is 86.3 Å². The number of likely N-dealkylation sites (N-methyl/N-ethyl adjacent to an activating group) is 3. The fraction of sp³-hybridized carbons (Fsp3) is 0.535. The van der Waals surface area contributed by atoms with Gasteiger partial charge in [-0.1, -0.05) is 102 Å². The molecule has 128 heavy (non-hydrogen) atoms. The zero-order valence-electron chi connectivity index (χ0n) is 73.1. The molecule has 18 amide bonds. The summed E-state index contributed by atoms with van der Waals surface area (Å²) in [5.41, 5.74) is 19.4. The number of carbonyl (C=O) groups is 18. The van der Waals surface area contributed by atoms with Crippen molar-refractivity contribution >= 4 is 140 Å². The Bertz CT molecular complexity index is 4850. The molecule has 5 aromatic rings.